The zero-order valence-corrected chi connectivity index (χ0v) is 20.2. The van der Waals surface area contributed by atoms with E-state index in [0.29, 0.717) is 28.8 Å². The molecule has 1 aliphatic rings. The van der Waals surface area contributed by atoms with Crippen molar-refractivity contribution in [3.63, 3.8) is 0 Å². The molecular weight excluding hydrogens is 452 g/mol. The largest absolute Gasteiger partial charge is 0.466 e. The number of esters is 1. The number of nitrogens with zero attached hydrogens (tertiary/aromatic N) is 2. The molecule has 1 amide bonds. The fraction of sp³-hybridized carbons (Fsp3) is 0.269. The topological polar surface area (TPSA) is 51.5 Å². The summed E-state index contributed by atoms with van der Waals surface area (Å²) in [5.74, 6) is -0.337. The normalized spacial score (nSPS) is 15.1. The molecule has 1 aliphatic heterocycles. The van der Waals surface area contributed by atoms with E-state index in [1.54, 1.807) is 4.90 Å². The van der Waals surface area contributed by atoms with Gasteiger partial charge in [0, 0.05) is 42.2 Å². The lowest BCUT2D eigenvalue weighted by molar-refractivity contribution is -0.144. The second-order valence-corrected chi connectivity index (χ2v) is 9.55. The highest BCUT2D eigenvalue weighted by Crippen LogP contribution is 2.34. The Bertz CT molecular complexity index is 1200. The summed E-state index contributed by atoms with van der Waals surface area (Å²) in [7, 11) is 0. The Morgan fingerprint density at radius 1 is 1.12 bits per heavy atom. The van der Waals surface area contributed by atoms with Crippen molar-refractivity contribution in [2.24, 2.45) is 0 Å². The molecule has 0 bridgehead atoms. The molecule has 1 fully saturated rings. The lowest BCUT2D eigenvalue weighted by Gasteiger charge is -2.13. The van der Waals surface area contributed by atoms with Crippen LogP contribution in [0, 0.1) is 0 Å². The van der Waals surface area contributed by atoms with E-state index >= 15 is 0 Å². The molecule has 1 aromatic heterocycles. The molecule has 3 aromatic rings. The first kappa shape index (κ1) is 23.3. The summed E-state index contributed by atoms with van der Waals surface area (Å²) in [5, 5.41) is 1.09. The minimum absolute atomic E-state index is 0.105. The minimum atomic E-state index is -0.232. The van der Waals surface area contributed by atoms with Gasteiger partial charge in [-0.15, -0.1) is 0 Å². The van der Waals surface area contributed by atoms with E-state index in [4.69, 9.17) is 17.0 Å². The molecule has 2 aromatic carbocycles. The van der Waals surface area contributed by atoms with E-state index in [9.17, 15) is 9.59 Å². The zero-order valence-electron chi connectivity index (χ0n) is 18.5. The number of ether oxygens (including phenoxy) is 1. The Morgan fingerprint density at radius 2 is 1.88 bits per heavy atom. The van der Waals surface area contributed by atoms with Gasteiger partial charge in [-0.2, -0.15) is 0 Å². The molecule has 33 heavy (non-hydrogen) atoms. The number of thioether (sulfide) groups is 1. The minimum Gasteiger partial charge on any atom is -0.466 e. The maximum atomic E-state index is 13.0. The quantitative estimate of drug-likeness (QED) is 0.227. The van der Waals surface area contributed by atoms with Gasteiger partial charge in [0.05, 0.1) is 11.5 Å². The second kappa shape index (κ2) is 10.8. The summed E-state index contributed by atoms with van der Waals surface area (Å²) in [5.41, 5.74) is 3.33. The fourth-order valence-corrected chi connectivity index (χ4v) is 5.10. The van der Waals surface area contributed by atoms with Gasteiger partial charge < -0.3 is 9.30 Å². The Labute approximate surface area is 203 Å². The number of aromatic nitrogens is 1. The molecule has 0 radical (unpaired) electrons. The van der Waals surface area contributed by atoms with Crippen LogP contribution in [0.5, 0.6) is 0 Å². The van der Waals surface area contributed by atoms with Gasteiger partial charge in [-0.1, -0.05) is 79.4 Å². The summed E-state index contributed by atoms with van der Waals surface area (Å²) in [6.45, 7) is 3.56. The monoisotopic (exact) mass is 478 g/mol. The molecule has 4 rings (SSSR count). The highest BCUT2D eigenvalue weighted by Gasteiger charge is 2.32. The van der Waals surface area contributed by atoms with Crippen LogP contribution in [0.2, 0.25) is 0 Å². The van der Waals surface area contributed by atoms with Gasteiger partial charge in [-0.05, 0) is 30.5 Å². The number of carbonyl (C=O) groups excluding carboxylic acids is 2. The third kappa shape index (κ3) is 5.54. The first-order valence-corrected chi connectivity index (χ1v) is 12.3. The van der Waals surface area contributed by atoms with Crippen LogP contribution < -0.4 is 0 Å². The SMILES string of the molecule is CCCOC(=O)CCCN1C(=O)/C(=C/c2cn(Cc3ccccc3)c3ccccc23)SC1=S. The van der Waals surface area contributed by atoms with Crippen LogP contribution in [0.4, 0.5) is 0 Å². The number of rotatable bonds is 9. The lowest BCUT2D eigenvalue weighted by atomic mass is 10.1. The molecule has 5 nitrogen and oxygen atoms in total. The molecular formula is C26H26N2O3S2. The highest BCUT2D eigenvalue weighted by atomic mass is 32.2. The highest BCUT2D eigenvalue weighted by molar-refractivity contribution is 8.26. The predicted octanol–water partition coefficient (Wildman–Crippen LogP) is 5.62. The first-order chi connectivity index (χ1) is 16.1. The standard InChI is InChI=1S/C26H26N2O3S2/c1-2-15-31-24(29)13-8-14-28-25(30)23(33-26(28)32)16-20-18-27(17-19-9-4-3-5-10-19)22-12-7-6-11-21(20)22/h3-7,9-12,16,18H,2,8,13-15,17H2,1H3/b23-16-. The van der Waals surface area contributed by atoms with E-state index in [0.717, 1.165) is 29.4 Å². The Kier molecular flexibility index (Phi) is 7.62. The molecule has 0 atom stereocenters. The van der Waals surface area contributed by atoms with Gasteiger partial charge in [0.25, 0.3) is 5.91 Å². The number of fused-ring (bicyclic) bond motifs is 1. The zero-order chi connectivity index (χ0) is 23.2. The molecule has 7 heteroatoms. The number of para-hydroxylation sites is 1. The van der Waals surface area contributed by atoms with Crippen LogP contribution in [-0.4, -0.2) is 38.8 Å². The summed E-state index contributed by atoms with van der Waals surface area (Å²) in [6.07, 6.45) is 5.63. The van der Waals surface area contributed by atoms with E-state index in [1.807, 2.05) is 43.3 Å². The lowest BCUT2D eigenvalue weighted by Crippen LogP contribution is -2.29. The number of amides is 1. The number of hydrogen-bond acceptors (Lipinski definition) is 5. The Hall–Kier alpha value is -2.90. The first-order valence-electron chi connectivity index (χ1n) is 11.1. The van der Waals surface area contributed by atoms with Gasteiger partial charge in [0.15, 0.2) is 0 Å². The molecule has 2 heterocycles. The number of benzene rings is 2. The fourth-order valence-electron chi connectivity index (χ4n) is 3.80. The summed E-state index contributed by atoms with van der Waals surface area (Å²) in [6, 6.07) is 18.5. The third-order valence-corrected chi connectivity index (χ3v) is 6.78. The van der Waals surface area contributed by atoms with E-state index in [-0.39, 0.29) is 18.3 Å². The van der Waals surface area contributed by atoms with Gasteiger partial charge in [-0.3, -0.25) is 14.5 Å². The Balaban J connectivity index is 1.50. The van der Waals surface area contributed by atoms with Crippen molar-refractivity contribution in [3.05, 3.63) is 76.8 Å². The van der Waals surface area contributed by atoms with Crippen LogP contribution in [0.3, 0.4) is 0 Å². The maximum absolute atomic E-state index is 13.0. The smallest absolute Gasteiger partial charge is 0.305 e. The van der Waals surface area contributed by atoms with Gasteiger partial charge in [0.1, 0.15) is 4.32 Å². The van der Waals surface area contributed by atoms with Gasteiger partial charge >= 0.3 is 5.97 Å². The van der Waals surface area contributed by atoms with E-state index in [1.165, 1.54) is 17.3 Å². The number of hydrogen-bond donors (Lipinski definition) is 0. The average molecular weight is 479 g/mol. The molecule has 170 valence electrons. The molecule has 0 spiro atoms. The van der Waals surface area contributed by atoms with Crippen LogP contribution >= 0.6 is 24.0 Å². The van der Waals surface area contributed by atoms with E-state index in [2.05, 4.69) is 35.0 Å². The van der Waals surface area contributed by atoms with Crippen LogP contribution in [0.15, 0.2) is 65.7 Å². The maximum Gasteiger partial charge on any atom is 0.305 e. The van der Waals surface area contributed by atoms with Gasteiger partial charge in [-0.25, -0.2) is 0 Å². The molecule has 1 saturated heterocycles. The second-order valence-electron chi connectivity index (χ2n) is 7.87. The van der Waals surface area contributed by atoms with Crippen molar-refractivity contribution in [3.8, 4) is 0 Å². The molecule has 0 saturated carbocycles. The van der Waals surface area contributed by atoms with Crippen LogP contribution in [0.25, 0.3) is 17.0 Å². The molecule has 0 aliphatic carbocycles. The van der Waals surface area contributed by atoms with Crippen molar-refractivity contribution < 1.29 is 14.3 Å². The van der Waals surface area contributed by atoms with E-state index < -0.39 is 0 Å². The summed E-state index contributed by atoms with van der Waals surface area (Å²) in [4.78, 5) is 26.9. The number of thiocarbonyl (C=S) groups is 1. The Morgan fingerprint density at radius 3 is 2.67 bits per heavy atom. The van der Waals surface area contributed by atoms with Crippen molar-refractivity contribution in [1.82, 2.24) is 9.47 Å². The third-order valence-electron chi connectivity index (χ3n) is 5.41. The average Bonchev–Trinajstić information content (AvgIpc) is 3.30. The number of carbonyl (C=O) groups is 2. The van der Waals surface area contributed by atoms with Crippen LogP contribution in [0.1, 0.15) is 37.3 Å². The van der Waals surface area contributed by atoms with Crippen molar-refractivity contribution in [2.75, 3.05) is 13.2 Å². The van der Waals surface area contributed by atoms with Crippen molar-refractivity contribution >= 4 is 57.2 Å². The summed E-state index contributed by atoms with van der Waals surface area (Å²) < 4.78 is 7.84. The van der Waals surface area contributed by atoms with Crippen molar-refractivity contribution in [1.29, 1.82) is 0 Å². The molecule has 0 unspecified atom stereocenters. The summed E-state index contributed by atoms with van der Waals surface area (Å²) >= 11 is 6.77. The van der Waals surface area contributed by atoms with Gasteiger partial charge in [0.2, 0.25) is 0 Å². The van der Waals surface area contributed by atoms with Crippen LogP contribution in [-0.2, 0) is 20.9 Å². The van der Waals surface area contributed by atoms with Crippen molar-refractivity contribution in [2.45, 2.75) is 32.7 Å². The molecule has 0 N–H and O–H groups in total. The predicted molar refractivity (Wildman–Crippen MR) is 138 cm³/mol.